The zero-order valence-electron chi connectivity index (χ0n) is 11.2. The van der Waals surface area contributed by atoms with Gasteiger partial charge in [0, 0.05) is 13.1 Å². The molecule has 1 aromatic carbocycles. The van der Waals surface area contributed by atoms with Gasteiger partial charge in [0.2, 0.25) is 5.91 Å². The van der Waals surface area contributed by atoms with Crippen molar-refractivity contribution in [2.24, 2.45) is 10.9 Å². The standard InChI is InChI=1S/C14H20N4O2/c15-13(18-20)11(10-5-2-1-3-6-10)9-17-12-7-4-8-16-14(12)19/h1-3,5-6,11-12,17,20H,4,7-9H2,(H2,15,18)(H,16,19). The average molecular weight is 276 g/mol. The Morgan fingerprint density at radius 2 is 2.25 bits per heavy atom. The van der Waals surface area contributed by atoms with Gasteiger partial charge in [0.05, 0.1) is 12.0 Å². The molecule has 2 rings (SSSR count). The number of carbonyl (C=O) groups is 1. The molecule has 2 atom stereocenters. The predicted molar refractivity (Wildman–Crippen MR) is 76.6 cm³/mol. The van der Waals surface area contributed by atoms with Crippen molar-refractivity contribution < 1.29 is 10.0 Å². The third kappa shape index (κ3) is 3.48. The van der Waals surface area contributed by atoms with Crippen LogP contribution in [0, 0.1) is 0 Å². The summed E-state index contributed by atoms with van der Waals surface area (Å²) in [7, 11) is 0. The second kappa shape index (κ2) is 6.91. The summed E-state index contributed by atoms with van der Waals surface area (Å²) in [6.07, 6.45) is 1.77. The SMILES string of the molecule is NC(=NO)C(CNC1CCCNC1=O)c1ccccc1. The summed E-state index contributed by atoms with van der Waals surface area (Å²) in [5.74, 6) is -0.0987. The number of amidine groups is 1. The Hall–Kier alpha value is -2.08. The number of oxime groups is 1. The molecule has 1 aliphatic heterocycles. The second-order valence-corrected chi connectivity index (χ2v) is 4.88. The lowest BCUT2D eigenvalue weighted by molar-refractivity contribution is -0.124. The summed E-state index contributed by atoms with van der Waals surface area (Å²) >= 11 is 0. The van der Waals surface area contributed by atoms with Gasteiger partial charge in [0.1, 0.15) is 5.84 Å². The molecule has 1 amide bonds. The van der Waals surface area contributed by atoms with Gasteiger partial charge in [-0.2, -0.15) is 0 Å². The summed E-state index contributed by atoms with van der Waals surface area (Å²) in [4.78, 5) is 11.7. The topological polar surface area (TPSA) is 99.7 Å². The smallest absolute Gasteiger partial charge is 0.237 e. The molecule has 1 heterocycles. The number of carbonyl (C=O) groups excluding carboxylic acids is 1. The molecule has 0 radical (unpaired) electrons. The number of nitrogens with one attached hydrogen (secondary N) is 2. The van der Waals surface area contributed by atoms with Crippen molar-refractivity contribution in [2.75, 3.05) is 13.1 Å². The van der Waals surface area contributed by atoms with E-state index in [1.165, 1.54) is 0 Å². The first-order chi connectivity index (χ1) is 9.72. The number of amides is 1. The van der Waals surface area contributed by atoms with Gasteiger partial charge in [-0.05, 0) is 18.4 Å². The van der Waals surface area contributed by atoms with Crippen LogP contribution < -0.4 is 16.4 Å². The van der Waals surface area contributed by atoms with E-state index < -0.39 is 0 Å². The Bertz CT molecular complexity index is 475. The first kappa shape index (κ1) is 14.3. The molecule has 0 bridgehead atoms. The van der Waals surface area contributed by atoms with Gasteiger partial charge in [0.25, 0.3) is 0 Å². The van der Waals surface area contributed by atoms with Crippen LogP contribution in [0.4, 0.5) is 0 Å². The molecule has 0 aliphatic carbocycles. The fourth-order valence-electron chi connectivity index (χ4n) is 2.38. The highest BCUT2D eigenvalue weighted by Crippen LogP contribution is 2.15. The molecule has 0 spiro atoms. The fourth-order valence-corrected chi connectivity index (χ4v) is 2.38. The molecule has 108 valence electrons. The average Bonchev–Trinajstić information content (AvgIpc) is 2.50. The zero-order chi connectivity index (χ0) is 14.4. The Morgan fingerprint density at radius 3 is 2.90 bits per heavy atom. The van der Waals surface area contributed by atoms with Crippen molar-refractivity contribution in [3.05, 3.63) is 35.9 Å². The fraction of sp³-hybridized carbons (Fsp3) is 0.429. The van der Waals surface area contributed by atoms with E-state index in [1.54, 1.807) is 0 Å². The largest absolute Gasteiger partial charge is 0.409 e. The van der Waals surface area contributed by atoms with Crippen molar-refractivity contribution in [1.82, 2.24) is 10.6 Å². The molecule has 6 nitrogen and oxygen atoms in total. The van der Waals surface area contributed by atoms with E-state index in [2.05, 4.69) is 15.8 Å². The van der Waals surface area contributed by atoms with E-state index in [4.69, 9.17) is 10.9 Å². The Morgan fingerprint density at radius 1 is 1.50 bits per heavy atom. The first-order valence-electron chi connectivity index (χ1n) is 6.76. The van der Waals surface area contributed by atoms with Gasteiger partial charge < -0.3 is 21.6 Å². The lowest BCUT2D eigenvalue weighted by Crippen LogP contribution is -2.50. The van der Waals surface area contributed by atoms with Crippen molar-refractivity contribution >= 4 is 11.7 Å². The molecule has 0 saturated carbocycles. The molecule has 20 heavy (non-hydrogen) atoms. The predicted octanol–water partition coefficient (Wildman–Crippen LogP) is 0.385. The number of benzene rings is 1. The van der Waals surface area contributed by atoms with E-state index in [1.807, 2.05) is 30.3 Å². The van der Waals surface area contributed by atoms with E-state index in [0.717, 1.165) is 24.9 Å². The maximum atomic E-state index is 11.7. The van der Waals surface area contributed by atoms with Gasteiger partial charge >= 0.3 is 0 Å². The highest BCUT2D eigenvalue weighted by atomic mass is 16.4. The van der Waals surface area contributed by atoms with Crippen LogP contribution in [0.15, 0.2) is 35.5 Å². The van der Waals surface area contributed by atoms with Crippen LogP contribution in [0.3, 0.4) is 0 Å². The number of piperidine rings is 1. The Balaban J connectivity index is 2.03. The van der Waals surface area contributed by atoms with Crippen molar-refractivity contribution in [2.45, 2.75) is 24.8 Å². The van der Waals surface area contributed by atoms with Crippen LogP contribution in [0.25, 0.3) is 0 Å². The normalized spacial score (nSPS) is 21.3. The lowest BCUT2D eigenvalue weighted by Gasteiger charge is -2.25. The van der Waals surface area contributed by atoms with Crippen molar-refractivity contribution in [3.8, 4) is 0 Å². The van der Waals surface area contributed by atoms with E-state index in [-0.39, 0.29) is 23.7 Å². The van der Waals surface area contributed by atoms with E-state index in [0.29, 0.717) is 6.54 Å². The van der Waals surface area contributed by atoms with Crippen LogP contribution in [-0.4, -0.2) is 36.1 Å². The van der Waals surface area contributed by atoms with Crippen molar-refractivity contribution in [1.29, 1.82) is 0 Å². The summed E-state index contributed by atoms with van der Waals surface area (Å²) < 4.78 is 0. The maximum absolute atomic E-state index is 11.7. The van der Waals surface area contributed by atoms with Gasteiger partial charge in [-0.1, -0.05) is 35.5 Å². The molecule has 0 aromatic heterocycles. The molecule has 2 unspecified atom stereocenters. The highest BCUT2D eigenvalue weighted by Gasteiger charge is 2.24. The van der Waals surface area contributed by atoms with E-state index in [9.17, 15) is 4.79 Å². The molecule has 1 saturated heterocycles. The molecule has 1 aliphatic rings. The number of hydrogen-bond donors (Lipinski definition) is 4. The second-order valence-electron chi connectivity index (χ2n) is 4.88. The minimum Gasteiger partial charge on any atom is -0.409 e. The number of rotatable bonds is 5. The monoisotopic (exact) mass is 276 g/mol. The van der Waals surface area contributed by atoms with Crippen LogP contribution in [0.1, 0.15) is 24.3 Å². The summed E-state index contributed by atoms with van der Waals surface area (Å²) in [6.45, 7) is 1.19. The van der Waals surface area contributed by atoms with Crippen molar-refractivity contribution in [3.63, 3.8) is 0 Å². The minimum absolute atomic E-state index is 0.0163. The highest BCUT2D eigenvalue weighted by molar-refractivity contribution is 5.87. The van der Waals surface area contributed by atoms with Gasteiger partial charge in [-0.3, -0.25) is 4.79 Å². The number of nitrogens with two attached hydrogens (primary N) is 1. The van der Waals surface area contributed by atoms with Crippen LogP contribution in [0.5, 0.6) is 0 Å². The molecule has 1 fully saturated rings. The Kier molecular flexibility index (Phi) is 4.95. The summed E-state index contributed by atoms with van der Waals surface area (Å²) in [6, 6.07) is 9.35. The van der Waals surface area contributed by atoms with Crippen LogP contribution in [0.2, 0.25) is 0 Å². The minimum atomic E-state index is -0.254. The first-order valence-corrected chi connectivity index (χ1v) is 6.76. The van der Waals surface area contributed by atoms with Gasteiger partial charge in [-0.25, -0.2) is 0 Å². The third-order valence-corrected chi connectivity index (χ3v) is 3.53. The third-order valence-electron chi connectivity index (χ3n) is 3.53. The molecular weight excluding hydrogens is 256 g/mol. The quantitative estimate of drug-likeness (QED) is 0.270. The van der Waals surface area contributed by atoms with Gasteiger partial charge in [0.15, 0.2) is 0 Å². The summed E-state index contributed by atoms with van der Waals surface area (Å²) in [5.41, 5.74) is 6.71. The van der Waals surface area contributed by atoms with Crippen LogP contribution >= 0.6 is 0 Å². The molecule has 5 N–H and O–H groups in total. The zero-order valence-corrected chi connectivity index (χ0v) is 11.2. The van der Waals surface area contributed by atoms with Crippen LogP contribution in [-0.2, 0) is 4.79 Å². The Labute approximate surface area is 118 Å². The molecule has 6 heteroatoms. The van der Waals surface area contributed by atoms with Gasteiger partial charge in [-0.15, -0.1) is 0 Å². The number of hydrogen-bond acceptors (Lipinski definition) is 4. The maximum Gasteiger partial charge on any atom is 0.237 e. The number of nitrogens with zero attached hydrogens (tertiary/aromatic N) is 1. The van der Waals surface area contributed by atoms with E-state index >= 15 is 0 Å². The molecular formula is C14H20N4O2. The molecule has 1 aromatic rings. The summed E-state index contributed by atoms with van der Waals surface area (Å²) in [5, 5.41) is 18.0. The lowest BCUT2D eigenvalue weighted by atomic mass is 9.97.